The van der Waals surface area contributed by atoms with Gasteiger partial charge in [0.1, 0.15) is 58.6 Å². The van der Waals surface area contributed by atoms with Gasteiger partial charge in [-0.2, -0.15) is 60.3 Å². The monoisotopic (exact) mass is 1390 g/mol. The molecule has 0 amide bonds. The highest BCUT2D eigenvalue weighted by Crippen LogP contribution is 2.49. The number of nitro benzene ring substituents is 1. The number of aryl methyl sites for hydroxylation is 1. The number of nitrogens with two attached hydrogens (primary N) is 1. The first-order chi connectivity index (χ1) is 41.5. The summed E-state index contributed by atoms with van der Waals surface area (Å²) in [6.07, 6.45) is 0. The highest BCUT2D eigenvalue weighted by Gasteiger charge is 2.30. The van der Waals surface area contributed by atoms with Crippen molar-refractivity contribution in [2.24, 2.45) is 40.9 Å². The van der Waals surface area contributed by atoms with Crippen molar-refractivity contribution in [2.45, 2.75) is 36.3 Å². The number of ether oxygens (including phenoxy) is 1. The minimum absolute atomic E-state index is 0.109. The van der Waals surface area contributed by atoms with Gasteiger partial charge in [-0.1, -0.05) is 6.07 Å². The summed E-state index contributed by atoms with van der Waals surface area (Å²) in [5.41, 5.74) is -1.92. The minimum Gasteiger partial charge on any atom is -0.505 e. The van der Waals surface area contributed by atoms with Crippen LogP contribution in [-0.4, -0.2) is 127 Å². The molecule has 0 spiro atoms. The largest absolute Gasteiger partial charge is 0.505 e. The lowest BCUT2D eigenvalue weighted by Gasteiger charge is -2.13. The average molecular weight is 1390 g/mol. The second-order valence-corrected chi connectivity index (χ2v) is 26.0. The average Bonchev–Trinajstić information content (AvgIpc) is 0.941. The number of nitrogens with zero attached hydrogens (tertiary/aromatic N) is 11. The standard InChI is InChI=1S/C43H30N12O25S6.O3S/c1-18-12-29(49-52-38-42(80-17-56)53-54(43(38)59)19-2-5-21(6-3-19)81(62,63)64)33(84(71,72)73)15-28(18)48-51-37-34(85(74,75)76)14-24-22(39(37)57)7-11-27(41(24)86(77,78)79)47-50-30-16-31(82(65,66)67)23-8-10-26(40(58)35(23)36(30)44)46-45-25-9-4-20(55(60)61)13-32(25)83(68,69)70;1-4(2)3/h2-17,57-59H,44H2,1H3,(H,62,63,64)(H,65,66,67)(H,68,69,70)(H,71,72,73)(H,74,75,76)(H,77,78,79);. The second-order valence-electron chi connectivity index (χ2n) is 17.2. The second kappa shape index (κ2) is 24.8. The zero-order valence-corrected chi connectivity index (χ0v) is 49.1. The van der Waals surface area contributed by atoms with Crippen LogP contribution in [0.2, 0.25) is 0 Å². The lowest BCUT2D eigenvalue weighted by atomic mass is 10.1. The van der Waals surface area contributed by atoms with Crippen LogP contribution in [0.3, 0.4) is 0 Å². The van der Waals surface area contributed by atoms with E-state index in [-0.39, 0.29) is 17.7 Å². The highest BCUT2D eigenvalue weighted by atomic mass is 32.2. The molecule has 472 valence electrons. The molecule has 0 bridgehead atoms. The Balaban J connectivity index is 0.00000279. The number of phenols is 2. The Bertz CT molecular complexity index is 5390. The molecule has 40 nitrogen and oxygen atoms in total. The molecule has 7 aromatic carbocycles. The van der Waals surface area contributed by atoms with Crippen molar-refractivity contribution in [1.82, 2.24) is 9.78 Å². The molecule has 11 N–H and O–H groups in total. The first-order valence-corrected chi connectivity index (χ1v) is 32.3. The molecule has 0 unspecified atom stereocenters. The Hall–Kier alpha value is -10.2. The number of aromatic hydroxyl groups is 3. The summed E-state index contributed by atoms with van der Waals surface area (Å²) in [6.45, 7) is 1.04. The van der Waals surface area contributed by atoms with Gasteiger partial charge in [0.25, 0.3) is 78.7 Å². The SMILES string of the molecule is Cc1cc(N=Nc2c(OC=O)nn(-c3ccc(S(=O)(=O)O)cc3)c2O)c(S(=O)(=O)O)cc1N=Nc1c(S(=O)(=O)O)cc2c(S(=O)(=O)O)c(N=Nc3cc(S(=O)(=O)O)c4ccc(N=Nc5ccc([N+](=O)[O-])cc5S(=O)(=O)O)c(O)c4c3N)ccc2c1O.O=S(=O)=O. The first kappa shape index (κ1) is 67.3. The third kappa shape index (κ3) is 14.5. The van der Waals surface area contributed by atoms with Crippen LogP contribution in [0, 0.1) is 17.0 Å². The Morgan fingerprint density at radius 2 is 1.02 bits per heavy atom. The fraction of sp³-hybridized carbons (Fsp3) is 0.0233. The summed E-state index contributed by atoms with van der Waals surface area (Å²) >= 11 is 0. The molecule has 0 atom stereocenters. The number of hydrogen-bond donors (Lipinski definition) is 10. The minimum atomic E-state index is -5.70. The van der Waals surface area contributed by atoms with E-state index in [1.807, 2.05) is 0 Å². The fourth-order valence-electron chi connectivity index (χ4n) is 7.78. The van der Waals surface area contributed by atoms with Crippen molar-refractivity contribution in [3.05, 3.63) is 107 Å². The molecule has 90 heavy (non-hydrogen) atoms. The van der Waals surface area contributed by atoms with E-state index >= 15 is 0 Å². The van der Waals surface area contributed by atoms with Gasteiger partial charge in [0.15, 0.2) is 11.5 Å². The predicted molar refractivity (Wildman–Crippen MR) is 297 cm³/mol. The molecule has 8 aromatic rings. The van der Waals surface area contributed by atoms with E-state index in [0.717, 1.165) is 60.7 Å². The molecule has 0 saturated carbocycles. The van der Waals surface area contributed by atoms with Crippen LogP contribution in [0.1, 0.15) is 5.56 Å². The number of nitro groups is 1. The molecule has 8 rings (SSSR count). The number of aromatic nitrogens is 2. The van der Waals surface area contributed by atoms with Crippen molar-refractivity contribution in [3.63, 3.8) is 0 Å². The number of benzene rings is 7. The van der Waals surface area contributed by atoms with E-state index in [1.54, 1.807) is 0 Å². The summed E-state index contributed by atoms with van der Waals surface area (Å²) in [6, 6.07) is 11.5. The molecule has 1 heterocycles. The number of carbonyl (C=O) groups excluding carboxylic acids is 1. The van der Waals surface area contributed by atoms with Crippen molar-refractivity contribution < 1.29 is 120 Å². The van der Waals surface area contributed by atoms with Crippen molar-refractivity contribution >= 4 is 156 Å². The molecule has 0 aliphatic carbocycles. The van der Waals surface area contributed by atoms with Crippen LogP contribution in [0.4, 0.5) is 56.9 Å². The normalized spacial score (nSPS) is 12.7. The smallest absolute Gasteiger partial charge is 0.425 e. The van der Waals surface area contributed by atoms with Gasteiger partial charge in [-0.15, -0.1) is 53.5 Å². The van der Waals surface area contributed by atoms with Crippen LogP contribution in [0.5, 0.6) is 23.3 Å². The summed E-state index contributed by atoms with van der Waals surface area (Å²) in [5.74, 6) is -4.10. The molecular weight excluding hydrogens is 1360 g/mol. The molecule has 0 saturated heterocycles. The third-order valence-corrected chi connectivity index (χ3v) is 16.9. The quantitative estimate of drug-likeness (QED) is 0.0106. The van der Waals surface area contributed by atoms with E-state index < -0.39 is 207 Å². The van der Waals surface area contributed by atoms with Gasteiger partial charge in [0.2, 0.25) is 11.6 Å². The molecule has 0 aliphatic heterocycles. The summed E-state index contributed by atoms with van der Waals surface area (Å²) in [5, 5.41) is 75.4. The number of fused-ring (bicyclic) bond motifs is 2. The van der Waals surface area contributed by atoms with E-state index in [9.17, 15) is 108 Å². The van der Waals surface area contributed by atoms with Gasteiger partial charge < -0.3 is 25.8 Å². The maximum absolute atomic E-state index is 13.1. The number of azo groups is 4. The summed E-state index contributed by atoms with van der Waals surface area (Å²) in [4.78, 5) is 14.8. The van der Waals surface area contributed by atoms with Crippen molar-refractivity contribution in [1.29, 1.82) is 0 Å². The van der Waals surface area contributed by atoms with Crippen LogP contribution >= 0.6 is 0 Å². The molecule has 0 aliphatic rings. The van der Waals surface area contributed by atoms with Crippen LogP contribution < -0.4 is 10.5 Å². The van der Waals surface area contributed by atoms with Crippen LogP contribution in [0.15, 0.2) is 161 Å². The van der Waals surface area contributed by atoms with Gasteiger partial charge in [-0.3, -0.25) is 42.2 Å². The predicted octanol–water partition coefficient (Wildman–Crippen LogP) is 6.77. The molecular formula is C43H30N12O28S7. The fourth-order valence-corrected chi connectivity index (χ4v) is 11.7. The van der Waals surface area contributed by atoms with Gasteiger partial charge in [0, 0.05) is 28.3 Å². The zero-order chi connectivity index (χ0) is 67.1. The Labute approximate surface area is 502 Å². The van der Waals surface area contributed by atoms with E-state index in [1.165, 1.54) is 6.92 Å². The number of nitrogen functional groups attached to an aromatic ring is 1. The van der Waals surface area contributed by atoms with Crippen LogP contribution in [-0.2, 0) is 76.1 Å². The summed E-state index contributed by atoms with van der Waals surface area (Å²) < 4.78 is 241. The van der Waals surface area contributed by atoms with Crippen molar-refractivity contribution in [3.8, 4) is 28.9 Å². The maximum atomic E-state index is 13.1. The topological polar surface area (TPSA) is 650 Å². The first-order valence-electron chi connectivity index (χ1n) is 22.7. The van der Waals surface area contributed by atoms with Crippen molar-refractivity contribution in [2.75, 3.05) is 5.73 Å². The van der Waals surface area contributed by atoms with E-state index in [4.69, 9.17) is 23.1 Å². The van der Waals surface area contributed by atoms with E-state index in [0.29, 0.717) is 35.0 Å². The lowest BCUT2D eigenvalue weighted by molar-refractivity contribution is -0.385. The Morgan fingerprint density at radius 3 is 1.58 bits per heavy atom. The number of hydrogen-bond acceptors (Lipinski definition) is 32. The lowest BCUT2D eigenvalue weighted by Crippen LogP contribution is -2.03. The third-order valence-electron chi connectivity index (χ3n) is 11.6. The van der Waals surface area contributed by atoms with Crippen LogP contribution in [0.25, 0.3) is 27.2 Å². The maximum Gasteiger partial charge on any atom is 0.425 e. The van der Waals surface area contributed by atoms with Gasteiger partial charge >= 0.3 is 10.6 Å². The molecule has 1 aromatic heterocycles. The molecule has 0 radical (unpaired) electrons. The summed E-state index contributed by atoms with van der Waals surface area (Å²) in [7, 11) is -35.1. The van der Waals surface area contributed by atoms with Gasteiger partial charge in [-0.25, -0.2) is 0 Å². The Kier molecular flexibility index (Phi) is 18.5. The Morgan fingerprint density at radius 1 is 0.533 bits per heavy atom. The molecule has 47 heteroatoms. The van der Waals surface area contributed by atoms with E-state index in [2.05, 4.69) is 46.0 Å². The number of carbonyl (C=O) groups is 1. The highest BCUT2D eigenvalue weighted by molar-refractivity contribution is 7.87. The number of non-ortho nitro benzene ring substituents is 1. The van der Waals surface area contributed by atoms with Gasteiger partial charge in [0.05, 0.1) is 32.3 Å². The van der Waals surface area contributed by atoms with Gasteiger partial charge in [-0.05, 0) is 85.3 Å². The zero-order valence-electron chi connectivity index (χ0n) is 43.4. The number of anilines is 1. The number of rotatable bonds is 18. The molecule has 0 fully saturated rings. The number of phenolic OH excluding ortho intramolecular Hbond substituents is 2.